The lowest BCUT2D eigenvalue weighted by Gasteiger charge is -2.13. The summed E-state index contributed by atoms with van der Waals surface area (Å²) in [5.74, 6) is -0.344. The van der Waals surface area contributed by atoms with E-state index >= 15 is 0 Å². The maximum Gasteiger partial charge on any atom is 0.327 e. The van der Waals surface area contributed by atoms with E-state index in [1.165, 1.54) is 17.7 Å². The van der Waals surface area contributed by atoms with Gasteiger partial charge in [-0.3, -0.25) is 4.79 Å². The van der Waals surface area contributed by atoms with Gasteiger partial charge in [-0.25, -0.2) is 4.79 Å². The number of anilines is 1. The molecule has 1 aromatic heterocycles. The predicted octanol–water partition coefficient (Wildman–Crippen LogP) is 0.359. The summed E-state index contributed by atoms with van der Waals surface area (Å²) in [5, 5.41) is 2.93. The third-order valence-corrected chi connectivity index (χ3v) is 2.02. The molecule has 0 aliphatic carbocycles. The molecule has 1 atom stereocenters. The van der Waals surface area contributed by atoms with Crippen molar-refractivity contribution in [1.82, 2.24) is 4.57 Å². The normalized spacial score (nSPS) is 11.9. The highest BCUT2D eigenvalue weighted by atomic mass is 16.5. The van der Waals surface area contributed by atoms with Gasteiger partial charge in [-0.05, 0) is 13.0 Å². The van der Waals surface area contributed by atoms with Crippen LogP contribution in [-0.4, -0.2) is 23.7 Å². The molecule has 0 bridgehead atoms. The Balaban J connectivity index is 2.77. The van der Waals surface area contributed by atoms with Gasteiger partial charge in [-0.1, -0.05) is 0 Å². The Morgan fingerprint density at radius 1 is 1.53 bits per heavy atom. The Labute approximate surface area is 87.7 Å². The highest BCUT2D eigenvalue weighted by Crippen LogP contribution is 2.05. The number of ether oxygens (including phenoxy) is 1. The quantitative estimate of drug-likeness (QED) is 0.732. The van der Waals surface area contributed by atoms with E-state index in [9.17, 15) is 9.59 Å². The van der Waals surface area contributed by atoms with Gasteiger partial charge < -0.3 is 14.6 Å². The number of carbonyl (C=O) groups excluding carboxylic acids is 1. The monoisotopic (exact) mass is 210 g/mol. The molecular formula is C10H14N2O3. The fourth-order valence-corrected chi connectivity index (χ4v) is 1.17. The fraction of sp³-hybridized carbons (Fsp3) is 0.400. The number of nitrogens with one attached hydrogen (secondary N) is 1. The van der Waals surface area contributed by atoms with E-state index in [0.717, 1.165) is 0 Å². The first kappa shape index (κ1) is 11.3. The molecule has 0 saturated carbocycles. The van der Waals surface area contributed by atoms with E-state index in [0.29, 0.717) is 5.69 Å². The molecule has 5 heteroatoms. The number of carbonyl (C=O) groups is 1. The van der Waals surface area contributed by atoms with Crippen molar-refractivity contribution in [1.29, 1.82) is 0 Å². The van der Waals surface area contributed by atoms with E-state index in [1.807, 2.05) is 0 Å². The lowest BCUT2D eigenvalue weighted by atomic mass is 10.3. The summed E-state index contributed by atoms with van der Waals surface area (Å²) in [6.45, 7) is 1.69. The Hall–Kier alpha value is -1.78. The molecule has 0 aromatic carbocycles. The van der Waals surface area contributed by atoms with E-state index < -0.39 is 6.04 Å². The van der Waals surface area contributed by atoms with Crippen molar-refractivity contribution in [3.63, 3.8) is 0 Å². The van der Waals surface area contributed by atoms with Crippen LogP contribution in [0.3, 0.4) is 0 Å². The lowest BCUT2D eigenvalue weighted by molar-refractivity contribution is -0.141. The molecule has 0 aliphatic rings. The van der Waals surface area contributed by atoms with Crippen LogP contribution in [0.1, 0.15) is 6.92 Å². The highest BCUT2D eigenvalue weighted by Gasteiger charge is 2.12. The van der Waals surface area contributed by atoms with Crippen molar-refractivity contribution in [2.75, 3.05) is 12.4 Å². The molecular weight excluding hydrogens is 196 g/mol. The minimum atomic E-state index is -0.437. The van der Waals surface area contributed by atoms with Crippen LogP contribution in [0.5, 0.6) is 0 Å². The molecule has 0 fully saturated rings. The standard InChI is InChI=1S/C10H14N2O3/c1-7(10(14)15-3)11-8-4-5-9(13)12(2)6-8/h4-7,11H,1-3H3. The van der Waals surface area contributed by atoms with Crippen molar-refractivity contribution in [2.24, 2.45) is 7.05 Å². The SMILES string of the molecule is COC(=O)C(C)Nc1ccc(=O)n(C)c1. The molecule has 1 N–H and O–H groups in total. The van der Waals surface area contributed by atoms with Crippen LogP contribution in [0.4, 0.5) is 5.69 Å². The number of aromatic nitrogens is 1. The Morgan fingerprint density at radius 2 is 2.20 bits per heavy atom. The number of pyridine rings is 1. The van der Waals surface area contributed by atoms with E-state index in [2.05, 4.69) is 10.1 Å². The molecule has 1 rings (SSSR count). The number of hydrogen-bond acceptors (Lipinski definition) is 4. The minimum Gasteiger partial charge on any atom is -0.467 e. The molecule has 0 aliphatic heterocycles. The zero-order valence-corrected chi connectivity index (χ0v) is 8.98. The summed E-state index contributed by atoms with van der Waals surface area (Å²) in [7, 11) is 2.98. The van der Waals surface area contributed by atoms with E-state index in [-0.39, 0.29) is 11.5 Å². The molecule has 0 amide bonds. The predicted molar refractivity (Wildman–Crippen MR) is 56.8 cm³/mol. The number of nitrogens with zero attached hydrogens (tertiary/aromatic N) is 1. The van der Waals surface area contributed by atoms with Crippen LogP contribution >= 0.6 is 0 Å². The second-order valence-corrected chi connectivity index (χ2v) is 3.26. The maximum atomic E-state index is 11.1. The van der Waals surface area contributed by atoms with Gasteiger partial charge in [0.05, 0.1) is 12.8 Å². The molecule has 82 valence electrons. The summed E-state index contributed by atoms with van der Waals surface area (Å²) in [6, 6.07) is 2.63. The molecule has 15 heavy (non-hydrogen) atoms. The number of methoxy groups -OCH3 is 1. The Bertz CT molecular complexity index is 411. The molecule has 0 radical (unpaired) electrons. The first-order valence-electron chi connectivity index (χ1n) is 4.55. The minimum absolute atomic E-state index is 0.0914. The zero-order chi connectivity index (χ0) is 11.4. The summed E-state index contributed by atoms with van der Waals surface area (Å²) in [6.07, 6.45) is 1.63. The summed E-state index contributed by atoms with van der Waals surface area (Å²) < 4.78 is 6.01. The van der Waals surface area contributed by atoms with Gasteiger partial charge in [-0.15, -0.1) is 0 Å². The molecule has 0 saturated heterocycles. The van der Waals surface area contributed by atoms with Crippen molar-refractivity contribution in [3.05, 3.63) is 28.7 Å². The van der Waals surface area contributed by atoms with Gasteiger partial charge in [0, 0.05) is 19.3 Å². The Morgan fingerprint density at radius 3 is 2.73 bits per heavy atom. The van der Waals surface area contributed by atoms with Crippen molar-refractivity contribution < 1.29 is 9.53 Å². The second kappa shape index (κ2) is 4.63. The smallest absolute Gasteiger partial charge is 0.327 e. The number of hydrogen-bond donors (Lipinski definition) is 1. The largest absolute Gasteiger partial charge is 0.467 e. The first-order valence-corrected chi connectivity index (χ1v) is 4.55. The van der Waals surface area contributed by atoms with Crippen LogP contribution in [0.25, 0.3) is 0 Å². The summed E-state index contributed by atoms with van der Waals surface area (Å²) in [5.41, 5.74) is 0.612. The van der Waals surface area contributed by atoms with Crippen LogP contribution in [0, 0.1) is 0 Å². The maximum absolute atomic E-state index is 11.1. The first-order chi connectivity index (χ1) is 7.04. The molecule has 1 unspecified atom stereocenters. The number of aryl methyl sites for hydroxylation is 1. The summed E-state index contributed by atoms with van der Waals surface area (Å²) in [4.78, 5) is 22.2. The second-order valence-electron chi connectivity index (χ2n) is 3.26. The van der Waals surface area contributed by atoms with Gasteiger partial charge in [0.1, 0.15) is 6.04 Å². The van der Waals surface area contributed by atoms with Gasteiger partial charge >= 0.3 is 5.97 Å². The molecule has 1 aromatic rings. The van der Waals surface area contributed by atoms with Crippen LogP contribution in [0.15, 0.2) is 23.1 Å². The lowest BCUT2D eigenvalue weighted by Crippen LogP contribution is -2.28. The topological polar surface area (TPSA) is 60.3 Å². The van der Waals surface area contributed by atoms with E-state index in [1.54, 1.807) is 26.2 Å². The third kappa shape index (κ3) is 2.83. The average Bonchev–Trinajstić information content (AvgIpc) is 2.22. The van der Waals surface area contributed by atoms with Crippen molar-refractivity contribution in [2.45, 2.75) is 13.0 Å². The zero-order valence-electron chi connectivity index (χ0n) is 8.98. The average molecular weight is 210 g/mol. The fourth-order valence-electron chi connectivity index (χ4n) is 1.17. The number of rotatable bonds is 3. The van der Waals surface area contributed by atoms with E-state index in [4.69, 9.17) is 0 Å². The molecule has 5 nitrogen and oxygen atoms in total. The van der Waals surface area contributed by atoms with Gasteiger partial charge in [0.15, 0.2) is 0 Å². The van der Waals surface area contributed by atoms with Gasteiger partial charge in [0.25, 0.3) is 0 Å². The van der Waals surface area contributed by atoms with Crippen molar-refractivity contribution >= 4 is 11.7 Å². The highest BCUT2D eigenvalue weighted by molar-refractivity contribution is 5.78. The van der Waals surface area contributed by atoms with Gasteiger partial charge in [-0.2, -0.15) is 0 Å². The molecule has 0 spiro atoms. The van der Waals surface area contributed by atoms with Crippen LogP contribution in [0.2, 0.25) is 0 Å². The van der Waals surface area contributed by atoms with Crippen molar-refractivity contribution in [3.8, 4) is 0 Å². The van der Waals surface area contributed by atoms with Crippen LogP contribution in [-0.2, 0) is 16.6 Å². The summed E-state index contributed by atoms with van der Waals surface area (Å²) >= 11 is 0. The van der Waals surface area contributed by atoms with Gasteiger partial charge in [0.2, 0.25) is 5.56 Å². The van der Waals surface area contributed by atoms with Crippen LogP contribution < -0.4 is 10.9 Å². The third-order valence-electron chi connectivity index (χ3n) is 2.02. The Kier molecular flexibility index (Phi) is 3.49. The molecule has 1 heterocycles. The number of esters is 1.